The SMILES string of the molecule is C1=CC(N(c2ccc(-c3cccc4c3oc3ccccc34)cc2)c2ccc(-c3cccc4c3oc3ccccc34)cc2)CC=C1c1ccc(-c2ccccc2)cc1. The Morgan fingerprint density at radius 2 is 0.842 bits per heavy atom. The van der Waals surface area contributed by atoms with Gasteiger partial charge in [0.05, 0.1) is 6.04 Å². The zero-order valence-electron chi connectivity index (χ0n) is 31.2. The van der Waals surface area contributed by atoms with Gasteiger partial charge in [-0.15, -0.1) is 0 Å². The molecule has 10 aromatic rings. The van der Waals surface area contributed by atoms with Crippen LogP contribution in [0.5, 0.6) is 0 Å². The third-order valence-electron chi connectivity index (χ3n) is 11.5. The van der Waals surface area contributed by atoms with Crippen molar-refractivity contribution in [2.75, 3.05) is 4.90 Å². The highest BCUT2D eigenvalue weighted by Gasteiger charge is 2.22. The van der Waals surface area contributed by atoms with E-state index in [1.807, 2.05) is 24.3 Å². The van der Waals surface area contributed by atoms with Crippen LogP contribution in [0.25, 0.3) is 82.8 Å². The summed E-state index contributed by atoms with van der Waals surface area (Å²) in [6.45, 7) is 0. The molecule has 0 bridgehead atoms. The average Bonchev–Trinajstić information content (AvgIpc) is 3.87. The van der Waals surface area contributed by atoms with E-state index in [2.05, 4.69) is 187 Å². The number of para-hydroxylation sites is 4. The minimum absolute atomic E-state index is 0.117. The molecule has 1 aliphatic rings. The lowest BCUT2D eigenvalue weighted by atomic mass is 9.94. The Balaban J connectivity index is 0.945. The quantitative estimate of drug-likeness (QED) is 0.163. The second-order valence-electron chi connectivity index (χ2n) is 14.8. The molecule has 11 rings (SSSR count). The van der Waals surface area contributed by atoms with Crippen LogP contribution in [0.15, 0.2) is 215 Å². The van der Waals surface area contributed by atoms with Crippen molar-refractivity contribution in [2.24, 2.45) is 0 Å². The molecule has 8 aromatic carbocycles. The molecule has 0 aliphatic heterocycles. The van der Waals surface area contributed by atoms with Crippen molar-refractivity contribution >= 4 is 60.8 Å². The van der Waals surface area contributed by atoms with Crippen LogP contribution in [0.3, 0.4) is 0 Å². The zero-order chi connectivity index (χ0) is 37.7. The van der Waals surface area contributed by atoms with Crippen LogP contribution in [-0.2, 0) is 0 Å². The van der Waals surface area contributed by atoms with Gasteiger partial charge in [0.15, 0.2) is 0 Å². The fourth-order valence-electron chi connectivity index (χ4n) is 8.58. The van der Waals surface area contributed by atoms with E-state index in [0.29, 0.717) is 0 Å². The normalized spacial score (nSPS) is 14.1. The molecule has 0 saturated heterocycles. The first-order chi connectivity index (χ1) is 28.2. The van der Waals surface area contributed by atoms with Crippen molar-refractivity contribution in [3.63, 3.8) is 0 Å². The van der Waals surface area contributed by atoms with Crippen LogP contribution in [0.2, 0.25) is 0 Å². The van der Waals surface area contributed by atoms with Gasteiger partial charge in [-0.1, -0.05) is 170 Å². The van der Waals surface area contributed by atoms with E-state index < -0.39 is 0 Å². The van der Waals surface area contributed by atoms with E-state index in [1.165, 1.54) is 22.3 Å². The predicted octanol–water partition coefficient (Wildman–Crippen LogP) is 15.0. The molecule has 0 saturated carbocycles. The lowest BCUT2D eigenvalue weighted by Gasteiger charge is -2.33. The van der Waals surface area contributed by atoms with Crippen LogP contribution in [0, 0.1) is 0 Å². The van der Waals surface area contributed by atoms with Crippen LogP contribution >= 0.6 is 0 Å². The summed E-state index contributed by atoms with van der Waals surface area (Å²) in [6.07, 6.45) is 7.88. The molecular formula is C54H37NO2. The fraction of sp³-hybridized carbons (Fsp3) is 0.0370. The van der Waals surface area contributed by atoms with Gasteiger partial charge in [-0.2, -0.15) is 0 Å². The Morgan fingerprint density at radius 3 is 1.37 bits per heavy atom. The van der Waals surface area contributed by atoms with Crippen LogP contribution in [0.4, 0.5) is 11.4 Å². The number of hydrogen-bond acceptors (Lipinski definition) is 3. The highest BCUT2D eigenvalue weighted by atomic mass is 16.3. The topological polar surface area (TPSA) is 29.5 Å². The average molecular weight is 732 g/mol. The third-order valence-corrected chi connectivity index (χ3v) is 11.5. The molecule has 0 spiro atoms. The largest absolute Gasteiger partial charge is 0.455 e. The lowest BCUT2D eigenvalue weighted by molar-refractivity contribution is 0.669. The molecule has 0 amide bonds. The summed E-state index contributed by atoms with van der Waals surface area (Å²) in [7, 11) is 0. The number of rotatable bonds is 7. The molecule has 2 aromatic heterocycles. The second kappa shape index (κ2) is 13.7. The molecule has 0 radical (unpaired) electrons. The van der Waals surface area contributed by atoms with Crippen molar-refractivity contribution in [3.8, 4) is 33.4 Å². The molecule has 1 aliphatic carbocycles. The van der Waals surface area contributed by atoms with Crippen molar-refractivity contribution in [1.29, 1.82) is 0 Å². The maximum atomic E-state index is 6.41. The van der Waals surface area contributed by atoms with Crippen LogP contribution in [0.1, 0.15) is 12.0 Å². The summed E-state index contributed by atoms with van der Waals surface area (Å²) in [5.41, 5.74) is 15.3. The highest BCUT2D eigenvalue weighted by molar-refractivity contribution is 6.10. The zero-order valence-corrected chi connectivity index (χ0v) is 31.2. The summed E-state index contributed by atoms with van der Waals surface area (Å²) in [5.74, 6) is 0. The Hall–Kier alpha value is -7.36. The molecular weight excluding hydrogens is 695 g/mol. The van der Waals surface area contributed by atoms with Gasteiger partial charge >= 0.3 is 0 Å². The molecule has 3 heteroatoms. The molecule has 1 unspecified atom stereocenters. The van der Waals surface area contributed by atoms with Gasteiger partial charge in [-0.3, -0.25) is 0 Å². The number of hydrogen-bond donors (Lipinski definition) is 0. The molecule has 57 heavy (non-hydrogen) atoms. The number of anilines is 2. The molecule has 2 heterocycles. The Morgan fingerprint density at radius 1 is 0.386 bits per heavy atom. The monoisotopic (exact) mass is 731 g/mol. The summed E-state index contributed by atoms with van der Waals surface area (Å²) in [5, 5.41) is 4.55. The number of nitrogens with zero attached hydrogens (tertiary/aromatic N) is 1. The minimum atomic E-state index is 0.117. The van der Waals surface area contributed by atoms with E-state index in [1.54, 1.807) is 0 Å². The summed E-state index contributed by atoms with van der Waals surface area (Å²) in [6, 6.07) is 66.8. The van der Waals surface area contributed by atoms with Crippen molar-refractivity contribution < 1.29 is 8.83 Å². The summed E-state index contributed by atoms with van der Waals surface area (Å²) in [4.78, 5) is 2.46. The number of furan rings is 2. The minimum Gasteiger partial charge on any atom is -0.455 e. The van der Waals surface area contributed by atoms with Gasteiger partial charge in [0.2, 0.25) is 0 Å². The van der Waals surface area contributed by atoms with Gasteiger partial charge in [0.25, 0.3) is 0 Å². The first-order valence-electron chi connectivity index (χ1n) is 19.6. The Bertz CT molecular complexity index is 2970. The number of allylic oxidation sites excluding steroid dienone is 2. The van der Waals surface area contributed by atoms with Gasteiger partial charge in [0.1, 0.15) is 22.3 Å². The van der Waals surface area contributed by atoms with Crippen LogP contribution in [-0.4, -0.2) is 6.04 Å². The molecule has 1 atom stereocenters. The maximum absolute atomic E-state index is 6.41. The van der Waals surface area contributed by atoms with Gasteiger partial charge < -0.3 is 13.7 Å². The molecule has 0 N–H and O–H groups in total. The van der Waals surface area contributed by atoms with Crippen molar-refractivity contribution in [1.82, 2.24) is 0 Å². The van der Waals surface area contributed by atoms with Crippen molar-refractivity contribution in [2.45, 2.75) is 12.5 Å². The first-order valence-corrected chi connectivity index (χ1v) is 19.6. The fourth-order valence-corrected chi connectivity index (χ4v) is 8.58. The predicted molar refractivity (Wildman–Crippen MR) is 238 cm³/mol. The summed E-state index contributed by atoms with van der Waals surface area (Å²) < 4.78 is 12.8. The highest BCUT2D eigenvalue weighted by Crippen LogP contribution is 2.40. The first kappa shape index (κ1) is 33.0. The van der Waals surface area contributed by atoms with E-state index >= 15 is 0 Å². The van der Waals surface area contributed by atoms with Gasteiger partial charge in [-0.05, 0) is 76.2 Å². The Kier molecular flexibility index (Phi) is 7.96. The standard InChI is InChI=1S/C54H37NO2/c1-2-10-36(11-3-1)37-20-22-38(23-21-37)39-24-30-42(31-25-39)55(43-32-26-40(27-33-43)45-14-8-16-49-47-12-4-6-18-51(47)56-53(45)49)44-34-28-41(29-35-44)46-15-9-17-50-48-13-5-7-19-52(48)57-54(46)50/h1-30,32-35,42H,31H2. The summed E-state index contributed by atoms with van der Waals surface area (Å²) >= 11 is 0. The number of fused-ring (bicyclic) bond motifs is 6. The molecule has 270 valence electrons. The molecule has 0 fully saturated rings. The second-order valence-corrected chi connectivity index (χ2v) is 14.8. The van der Waals surface area contributed by atoms with E-state index in [4.69, 9.17) is 8.83 Å². The maximum Gasteiger partial charge on any atom is 0.143 e. The molecule has 3 nitrogen and oxygen atoms in total. The third kappa shape index (κ3) is 5.84. The number of benzene rings is 8. The van der Waals surface area contributed by atoms with Gasteiger partial charge in [0, 0.05) is 44.0 Å². The van der Waals surface area contributed by atoms with Crippen molar-refractivity contribution in [3.05, 3.63) is 212 Å². The Labute approximate surface area is 331 Å². The van der Waals surface area contributed by atoms with Gasteiger partial charge in [-0.25, -0.2) is 0 Å². The smallest absolute Gasteiger partial charge is 0.143 e. The van der Waals surface area contributed by atoms with E-state index in [9.17, 15) is 0 Å². The lowest BCUT2D eigenvalue weighted by Crippen LogP contribution is -2.30. The van der Waals surface area contributed by atoms with E-state index in [-0.39, 0.29) is 6.04 Å². The van der Waals surface area contributed by atoms with Crippen LogP contribution < -0.4 is 4.90 Å². The van der Waals surface area contributed by atoms with E-state index in [0.717, 1.165) is 83.9 Å².